The van der Waals surface area contributed by atoms with Crippen LogP contribution in [-0.4, -0.2) is 0 Å². The molecule has 1 rings (SSSR count). The van der Waals surface area contributed by atoms with Crippen LogP contribution < -0.4 is 0 Å². The Hall–Kier alpha value is 0. The summed E-state index contributed by atoms with van der Waals surface area (Å²) in [5.74, 6) is 1.08. The van der Waals surface area contributed by atoms with E-state index in [0.717, 1.165) is 5.92 Å². The predicted molar refractivity (Wildman–Crippen MR) is 94.4 cm³/mol. The highest BCUT2D eigenvalue weighted by Crippen LogP contribution is 2.25. The molecular formula is C20H42. The predicted octanol–water partition coefficient (Wildman–Crippen LogP) is 7.90. The van der Waals surface area contributed by atoms with Crippen LogP contribution in [0.4, 0.5) is 0 Å². The third-order valence-corrected chi connectivity index (χ3v) is 4.63. The summed E-state index contributed by atoms with van der Waals surface area (Å²) in [6.07, 6.45) is 23.4. The molecule has 0 heterocycles. The third kappa shape index (κ3) is 14.4. The van der Waals surface area contributed by atoms with Gasteiger partial charge < -0.3 is 0 Å². The number of hydrogen-bond acceptors (Lipinski definition) is 0. The summed E-state index contributed by atoms with van der Waals surface area (Å²) in [5.41, 5.74) is 0. The van der Waals surface area contributed by atoms with E-state index in [-0.39, 0.29) is 0 Å². The van der Waals surface area contributed by atoms with Gasteiger partial charge in [0.2, 0.25) is 0 Å². The smallest absolute Gasteiger partial charge is 0.0414 e. The monoisotopic (exact) mass is 282 g/mol. The standard InChI is InChI=1S/C11H22.C9H20/c1-2-8-11-9-6-4-3-5-7-10-11;1-3-5-7-9-8-6-4-2/h11H,2-10H2,1H3;3-9H2,1-2H3. The Morgan fingerprint density at radius 1 is 0.550 bits per heavy atom. The van der Waals surface area contributed by atoms with Gasteiger partial charge in [-0.05, 0) is 5.92 Å². The summed E-state index contributed by atoms with van der Waals surface area (Å²) in [7, 11) is 0. The SMILES string of the molecule is CCCC1CCCCCCC1.CCCCCCCCC. The van der Waals surface area contributed by atoms with Crippen LogP contribution in [0.3, 0.4) is 0 Å². The fourth-order valence-corrected chi connectivity index (χ4v) is 3.27. The normalized spacial score (nSPS) is 16.9. The van der Waals surface area contributed by atoms with Gasteiger partial charge in [0.15, 0.2) is 0 Å². The Morgan fingerprint density at radius 3 is 1.45 bits per heavy atom. The molecule has 1 saturated carbocycles. The number of hydrogen-bond donors (Lipinski definition) is 0. The summed E-state index contributed by atoms with van der Waals surface area (Å²) in [5, 5.41) is 0. The van der Waals surface area contributed by atoms with Crippen molar-refractivity contribution in [2.75, 3.05) is 0 Å². The van der Waals surface area contributed by atoms with Crippen LogP contribution in [0.5, 0.6) is 0 Å². The second-order valence-electron chi connectivity index (χ2n) is 6.77. The minimum absolute atomic E-state index is 1.08. The third-order valence-electron chi connectivity index (χ3n) is 4.63. The summed E-state index contributed by atoms with van der Waals surface area (Å²) in [4.78, 5) is 0. The van der Waals surface area contributed by atoms with E-state index in [4.69, 9.17) is 0 Å². The highest BCUT2D eigenvalue weighted by Gasteiger charge is 2.09. The molecule has 20 heavy (non-hydrogen) atoms. The Labute approximate surface area is 130 Å². The van der Waals surface area contributed by atoms with Crippen LogP contribution in [0.15, 0.2) is 0 Å². The average Bonchev–Trinajstić information content (AvgIpc) is 2.42. The maximum Gasteiger partial charge on any atom is -0.0414 e. The zero-order valence-corrected chi connectivity index (χ0v) is 14.9. The van der Waals surface area contributed by atoms with Crippen LogP contribution in [0.2, 0.25) is 0 Å². The molecule has 122 valence electrons. The maximum absolute atomic E-state index is 2.32. The molecule has 0 atom stereocenters. The molecule has 0 saturated heterocycles. The fraction of sp³-hybridized carbons (Fsp3) is 1.00. The van der Waals surface area contributed by atoms with Crippen molar-refractivity contribution >= 4 is 0 Å². The Balaban J connectivity index is 0.000000370. The van der Waals surface area contributed by atoms with Gasteiger partial charge in [-0.15, -0.1) is 0 Å². The molecule has 0 nitrogen and oxygen atoms in total. The van der Waals surface area contributed by atoms with Crippen molar-refractivity contribution in [3.63, 3.8) is 0 Å². The highest BCUT2D eigenvalue weighted by atomic mass is 14.1. The molecule has 0 heteroatoms. The van der Waals surface area contributed by atoms with Crippen molar-refractivity contribution in [3.8, 4) is 0 Å². The topological polar surface area (TPSA) is 0 Å². The van der Waals surface area contributed by atoms with E-state index in [1.807, 2.05) is 0 Å². The Kier molecular flexibility index (Phi) is 17.1. The second kappa shape index (κ2) is 17.1. The van der Waals surface area contributed by atoms with Crippen LogP contribution in [-0.2, 0) is 0 Å². The fourth-order valence-electron chi connectivity index (χ4n) is 3.27. The molecule has 0 aliphatic heterocycles. The molecule has 0 aromatic heterocycles. The van der Waals surface area contributed by atoms with E-state index < -0.39 is 0 Å². The van der Waals surface area contributed by atoms with Crippen LogP contribution in [0.25, 0.3) is 0 Å². The van der Waals surface area contributed by atoms with Gasteiger partial charge in [-0.2, -0.15) is 0 Å². The first-order valence-electron chi connectivity index (χ1n) is 9.85. The second-order valence-corrected chi connectivity index (χ2v) is 6.77. The lowest BCUT2D eigenvalue weighted by Crippen LogP contribution is -2.02. The first-order valence-corrected chi connectivity index (χ1v) is 9.85. The summed E-state index contributed by atoms with van der Waals surface area (Å²) in [6, 6.07) is 0. The minimum atomic E-state index is 1.08. The maximum atomic E-state index is 2.32. The van der Waals surface area contributed by atoms with Crippen molar-refractivity contribution < 1.29 is 0 Å². The molecule has 0 aromatic carbocycles. The summed E-state index contributed by atoms with van der Waals surface area (Å²) in [6.45, 7) is 6.85. The van der Waals surface area contributed by atoms with E-state index in [1.54, 1.807) is 0 Å². The van der Waals surface area contributed by atoms with E-state index in [2.05, 4.69) is 20.8 Å². The van der Waals surface area contributed by atoms with Gasteiger partial charge in [0, 0.05) is 0 Å². The van der Waals surface area contributed by atoms with Crippen molar-refractivity contribution in [2.45, 2.75) is 124 Å². The van der Waals surface area contributed by atoms with Crippen molar-refractivity contribution in [2.24, 2.45) is 5.92 Å². The molecule has 1 aliphatic carbocycles. The average molecular weight is 283 g/mol. The summed E-state index contributed by atoms with van der Waals surface area (Å²) >= 11 is 0. The zero-order valence-electron chi connectivity index (χ0n) is 14.9. The van der Waals surface area contributed by atoms with Gasteiger partial charge in [0.1, 0.15) is 0 Å². The highest BCUT2D eigenvalue weighted by molar-refractivity contribution is 4.62. The van der Waals surface area contributed by atoms with Crippen LogP contribution in [0.1, 0.15) is 124 Å². The van der Waals surface area contributed by atoms with Gasteiger partial charge in [-0.3, -0.25) is 0 Å². The lowest BCUT2D eigenvalue weighted by Gasteiger charge is -2.18. The molecule has 0 radical (unpaired) electrons. The van der Waals surface area contributed by atoms with Gasteiger partial charge in [-0.25, -0.2) is 0 Å². The molecule has 1 aliphatic rings. The van der Waals surface area contributed by atoms with Gasteiger partial charge in [0.25, 0.3) is 0 Å². The quantitative estimate of drug-likeness (QED) is 0.397. The van der Waals surface area contributed by atoms with E-state index >= 15 is 0 Å². The lowest BCUT2D eigenvalue weighted by molar-refractivity contribution is 0.356. The number of unbranched alkanes of at least 4 members (excludes halogenated alkanes) is 6. The molecule has 0 aromatic rings. The van der Waals surface area contributed by atoms with Crippen molar-refractivity contribution in [1.29, 1.82) is 0 Å². The van der Waals surface area contributed by atoms with E-state index in [1.165, 1.54) is 103 Å². The van der Waals surface area contributed by atoms with Gasteiger partial charge in [0.05, 0.1) is 0 Å². The van der Waals surface area contributed by atoms with Crippen LogP contribution in [0, 0.1) is 5.92 Å². The largest absolute Gasteiger partial charge is 0.0654 e. The molecule has 0 unspecified atom stereocenters. The Morgan fingerprint density at radius 2 is 1.00 bits per heavy atom. The van der Waals surface area contributed by atoms with Crippen LogP contribution >= 0.6 is 0 Å². The molecule has 0 bridgehead atoms. The van der Waals surface area contributed by atoms with Crippen molar-refractivity contribution in [1.82, 2.24) is 0 Å². The van der Waals surface area contributed by atoms with Gasteiger partial charge >= 0.3 is 0 Å². The summed E-state index contributed by atoms with van der Waals surface area (Å²) < 4.78 is 0. The molecule has 0 amide bonds. The first-order chi connectivity index (χ1) is 9.85. The number of rotatable bonds is 8. The molecule has 0 N–H and O–H groups in total. The zero-order chi connectivity index (χ0) is 14.9. The molecule has 0 spiro atoms. The van der Waals surface area contributed by atoms with Crippen molar-refractivity contribution in [3.05, 3.63) is 0 Å². The first kappa shape index (κ1) is 20.0. The minimum Gasteiger partial charge on any atom is -0.0654 e. The van der Waals surface area contributed by atoms with E-state index in [9.17, 15) is 0 Å². The lowest BCUT2D eigenvalue weighted by atomic mass is 9.88. The van der Waals surface area contributed by atoms with Gasteiger partial charge in [-0.1, -0.05) is 124 Å². The molecular weight excluding hydrogens is 240 g/mol. The molecule has 1 fully saturated rings. The Bertz CT molecular complexity index is 147. The van der Waals surface area contributed by atoms with E-state index in [0.29, 0.717) is 0 Å².